The Morgan fingerprint density at radius 1 is 1.00 bits per heavy atom. The Morgan fingerprint density at radius 3 is 2.30 bits per heavy atom. The zero-order valence-corrected chi connectivity index (χ0v) is 15.2. The molecule has 0 bridgehead atoms. The molecule has 1 fully saturated rings. The number of ether oxygens (including phenoxy) is 1. The van der Waals surface area contributed by atoms with Crippen molar-refractivity contribution in [2.45, 2.75) is 17.7 Å². The van der Waals surface area contributed by atoms with Gasteiger partial charge in [0.05, 0.1) is 10.5 Å². The SMILES string of the molecule is O=C(COC(=O)c1cccc(F)c1)c1ccc(S(=O)(=O)N2CCCC2)cc1. The molecule has 0 atom stereocenters. The van der Waals surface area contributed by atoms with Crippen LogP contribution in [-0.4, -0.2) is 44.2 Å². The quantitative estimate of drug-likeness (QED) is 0.559. The van der Waals surface area contributed by atoms with Crippen LogP contribution in [0.2, 0.25) is 0 Å². The molecule has 8 heteroatoms. The Hall–Kier alpha value is -2.58. The third-order valence-corrected chi connectivity index (χ3v) is 6.19. The van der Waals surface area contributed by atoms with Crippen LogP contribution in [0.3, 0.4) is 0 Å². The molecule has 1 aliphatic heterocycles. The molecule has 2 aromatic rings. The van der Waals surface area contributed by atoms with Crippen molar-refractivity contribution in [2.24, 2.45) is 0 Å². The van der Waals surface area contributed by atoms with E-state index < -0.39 is 34.2 Å². The predicted molar refractivity (Wildman–Crippen MR) is 95.4 cm³/mol. The topological polar surface area (TPSA) is 80.8 Å². The lowest BCUT2D eigenvalue weighted by molar-refractivity contribution is 0.0474. The number of halogens is 1. The summed E-state index contributed by atoms with van der Waals surface area (Å²) in [7, 11) is -3.55. The normalized spacial score (nSPS) is 14.9. The summed E-state index contributed by atoms with van der Waals surface area (Å²) in [6.45, 7) is 0.478. The summed E-state index contributed by atoms with van der Waals surface area (Å²) in [6, 6.07) is 10.5. The molecular formula is C19H18FNO5S. The van der Waals surface area contributed by atoms with E-state index in [4.69, 9.17) is 4.74 Å². The average Bonchev–Trinajstić information content (AvgIpc) is 3.21. The van der Waals surface area contributed by atoms with Gasteiger partial charge >= 0.3 is 5.97 Å². The van der Waals surface area contributed by atoms with Gasteiger partial charge in [0.15, 0.2) is 12.4 Å². The molecule has 27 heavy (non-hydrogen) atoms. The fraction of sp³-hybridized carbons (Fsp3) is 0.263. The maximum absolute atomic E-state index is 13.1. The molecule has 2 aromatic carbocycles. The summed E-state index contributed by atoms with van der Waals surface area (Å²) in [5.41, 5.74) is 0.234. The molecule has 0 N–H and O–H groups in total. The molecule has 0 spiro atoms. The monoisotopic (exact) mass is 391 g/mol. The van der Waals surface area contributed by atoms with Crippen molar-refractivity contribution in [3.8, 4) is 0 Å². The molecule has 1 saturated heterocycles. The van der Waals surface area contributed by atoms with Crippen LogP contribution in [0.25, 0.3) is 0 Å². The first kappa shape index (κ1) is 19.2. The zero-order chi connectivity index (χ0) is 19.4. The fourth-order valence-electron chi connectivity index (χ4n) is 2.80. The van der Waals surface area contributed by atoms with Gasteiger partial charge in [-0.05, 0) is 55.3 Å². The number of benzene rings is 2. The van der Waals surface area contributed by atoms with Crippen LogP contribution in [0, 0.1) is 5.82 Å². The van der Waals surface area contributed by atoms with Gasteiger partial charge in [-0.1, -0.05) is 6.07 Å². The van der Waals surface area contributed by atoms with Crippen molar-refractivity contribution in [3.63, 3.8) is 0 Å². The van der Waals surface area contributed by atoms with Crippen molar-refractivity contribution in [2.75, 3.05) is 19.7 Å². The molecule has 0 radical (unpaired) electrons. The van der Waals surface area contributed by atoms with Crippen molar-refractivity contribution in [1.29, 1.82) is 0 Å². The van der Waals surface area contributed by atoms with Gasteiger partial charge in [-0.15, -0.1) is 0 Å². The second-order valence-corrected chi connectivity index (χ2v) is 8.08. The standard InChI is InChI=1S/C19H18FNO5S/c20-16-5-3-4-15(12-16)19(23)26-13-18(22)14-6-8-17(9-7-14)27(24,25)21-10-1-2-11-21/h3-9,12H,1-2,10-11,13H2. The van der Waals surface area contributed by atoms with E-state index in [0.29, 0.717) is 13.1 Å². The maximum Gasteiger partial charge on any atom is 0.338 e. The van der Waals surface area contributed by atoms with Crippen molar-refractivity contribution in [1.82, 2.24) is 4.31 Å². The molecule has 0 aromatic heterocycles. The van der Waals surface area contributed by atoms with E-state index in [2.05, 4.69) is 0 Å². The highest BCUT2D eigenvalue weighted by atomic mass is 32.2. The van der Waals surface area contributed by atoms with Crippen LogP contribution in [0.15, 0.2) is 53.4 Å². The van der Waals surface area contributed by atoms with Gasteiger partial charge in [-0.3, -0.25) is 4.79 Å². The van der Waals surface area contributed by atoms with Crippen LogP contribution in [0.1, 0.15) is 33.6 Å². The Bertz CT molecular complexity index is 950. The number of carbonyl (C=O) groups excluding carboxylic acids is 2. The lowest BCUT2D eigenvalue weighted by Crippen LogP contribution is -2.27. The van der Waals surface area contributed by atoms with E-state index >= 15 is 0 Å². The third kappa shape index (κ3) is 4.40. The van der Waals surface area contributed by atoms with E-state index in [1.165, 1.54) is 46.8 Å². The Kier molecular flexibility index (Phi) is 5.67. The number of carbonyl (C=O) groups is 2. The van der Waals surface area contributed by atoms with Crippen molar-refractivity contribution in [3.05, 3.63) is 65.5 Å². The summed E-state index contributed by atoms with van der Waals surface area (Å²) in [6.07, 6.45) is 1.68. The fourth-order valence-corrected chi connectivity index (χ4v) is 4.32. The predicted octanol–water partition coefficient (Wildman–Crippen LogP) is 2.65. The van der Waals surface area contributed by atoms with Gasteiger partial charge in [0.1, 0.15) is 5.82 Å². The number of ketones is 1. The lowest BCUT2D eigenvalue weighted by Gasteiger charge is -2.15. The number of Topliss-reactive ketones (excluding diaryl/α,β-unsaturated/α-hetero) is 1. The summed E-state index contributed by atoms with van der Waals surface area (Å²) in [5.74, 6) is -1.87. The largest absolute Gasteiger partial charge is 0.454 e. The molecule has 0 amide bonds. The summed E-state index contributed by atoms with van der Waals surface area (Å²) < 4.78 is 44.3. The van der Waals surface area contributed by atoms with Crippen LogP contribution in [-0.2, 0) is 14.8 Å². The number of sulfonamides is 1. The second kappa shape index (κ2) is 7.98. The zero-order valence-electron chi connectivity index (χ0n) is 14.4. The smallest absolute Gasteiger partial charge is 0.338 e. The summed E-state index contributed by atoms with van der Waals surface area (Å²) >= 11 is 0. The Morgan fingerprint density at radius 2 is 1.67 bits per heavy atom. The third-order valence-electron chi connectivity index (χ3n) is 4.27. The number of nitrogens with zero attached hydrogens (tertiary/aromatic N) is 1. The van der Waals surface area contributed by atoms with Gasteiger partial charge < -0.3 is 4.74 Å². The number of hydrogen-bond acceptors (Lipinski definition) is 5. The van der Waals surface area contributed by atoms with Crippen LogP contribution < -0.4 is 0 Å². The first-order valence-electron chi connectivity index (χ1n) is 8.44. The van der Waals surface area contributed by atoms with E-state index in [9.17, 15) is 22.4 Å². The molecule has 142 valence electrons. The van der Waals surface area contributed by atoms with Crippen molar-refractivity contribution < 1.29 is 27.1 Å². The highest BCUT2D eigenvalue weighted by molar-refractivity contribution is 7.89. The minimum Gasteiger partial charge on any atom is -0.454 e. The number of esters is 1. The Balaban J connectivity index is 1.63. The molecule has 1 aliphatic rings. The van der Waals surface area contributed by atoms with E-state index in [-0.39, 0.29) is 16.0 Å². The number of rotatable bonds is 6. The molecule has 0 unspecified atom stereocenters. The highest BCUT2D eigenvalue weighted by Gasteiger charge is 2.27. The van der Waals surface area contributed by atoms with Crippen molar-refractivity contribution >= 4 is 21.8 Å². The minimum absolute atomic E-state index is 0.00912. The highest BCUT2D eigenvalue weighted by Crippen LogP contribution is 2.21. The van der Waals surface area contributed by atoms with Gasteiger partial charge in [0.2, 0.25) is 10.0 Å². The molecular weight excluding hydrogens is 373 g/mol. The lowest BCUT2D eigenvalue weighted by atomic mass is 10.1. The Labute approximate surface area is 156 Å². The van der Waals surface area contributed by atoms with Gasteiger partial charge in [-0.2, -0.15) is 4.31 Å². The van der Waals surface area contributed by atoms with E-state index in [1.807, 2.05) is 0 Å². The minimum atomic E-state index is -3.55. The molecule has 0 saturated carbocycles. The number of hydrogen-bond donors (Lipinski definition) is 0. The van der Waals surface area contributed by atoms with Gasteiger partial charge in [0.25, 0.3) is 0 Å². The van der Waals surface area contributed by atoms with Gasteiger partial charge in [0, 0.05) is 18.7 Å². The van der Waals surface area contributed by atoms with Crippen LogP contribution in [0.5, 0.6) is 0 Å². The summed E-state index contributed by atoms with van der Waals surface area (Å²) in [5, 5.41) is 0. The first-order valence-corrected chi connectivity index (χ1v) is 9.88. The molecule has 1 heterocycles. The average molecular weight is 391 g/mol. The molecule has 3 rings (SSSR count). The van der Waals surface area contributed by atoms with E-state index in [1.54, 1.807) is 0 Å². The molecule has 6 nitrogen and oxygen atoms in total. The maximum atomic E-state index is 13.1. The van der Waals surface area contributed by atoms with Gasteiger partial charge in [-0.25, -0.2) is 17.6 Å². The molecule has 0 aliphatic carbocycles. The van der Waals surface area contributed by atoms with E-state index in [0.717, 1.165) is 18.9 Å². The van der Waals surface area contributed by atoms with Crippen LogP contribution in [0.4, 0.5) is 4.39 Å². The second-order valence-electron chi connectivity index (χ2n) is 6.15. The van der Waals surface area contributed by atoms with Crippen LogP contribution >= 0.6 is 0 Å². The first-order chi connectivity index (χ1) is 12.9. The summed E-state index contributed by atoms with van der Waals surface area (Å²) in [4.78, 5) is 24.1.